The van der Waals surface area contributed by atoms with Crippen LogP contribution in [0, 0.1) is 0 Å². The first-order valence-corrected chi connectivity index (χ1v) is 9.19. The molecule has 2 aromatic rings. The molecule has 0 heterocycles. The van der Waals surface area contributed by atoms with Crippen LogP contribution in [0.15, 0.2) is 60.7 Å². The molecule has 2 unspecified atom stereocenters. The number of carbonyl (C=O) groups excluding carboxylic acids is 1. The third-order valence-corrected chi connectivity index (χ3v) is 3.74. The predicted octanol–water partition coefficient (Wildman–Crippen LogP) is 3.26. The van der Waals surface area contributed by atoms with Gasteiger partial charge in [-0.25, -0.2) is 9.59 Å². The molecule has 7 heteroatoms. The Balaban J connectivity index is 0.000000409. The van der Waals surface area contributed by atoms with Crippen LogP contribution in [0.4, 0.5) is 0 Å². The molecule has 0 aliphatic carbocycles. The molecule has 2 atom stereocenters. The van der Waals surface area contributed by atoms with E-state index in [0.29, 0.717) is 12.0 Å². The van der Waals surface area contributed by atoms with Crippen molar-refractivity contribution in [2.45, 2.75) is 45.3 Å². The molecule has 0 amide bonds. The van der Waals surface area contributed by atoms with E-state index in [4.69, 9.17) is 20.4 Å². The number of carboxylic acid groups (broad SMARTS) is 2. The van der Waals surface area contributed by atoms with Gasteiger partial charge in [-0.2, -0.15) is 0 Å². The Morgan fingerprint density at radius 3 is 1.38 bits per heavy atom. The van der Waals surface area contributed by atoms with Crippen LogP contribution < -0.4 is 0 Å². The van der Waals surface area contributed by atoms with E-state index >= 15 is 0 Å². The number of aliphatic carboxylic acids is 1. The van der Waals surface area contributed by atoms with Gasteiger partial charge in [0.25, 0.3) is 5.78 Å². The monoisotopic (exact) mass is 404 g/mol. The summed E-state index contributed by atoms with van der Waals surface area (Å²) in [6, 6.07) is 16.2. The van der Waals surface area contributed by atoms with E-state index in [-0.39, 0.29) is 17.8 Å². The van der Waals surface area contributed by atoms with E-state index in [2.05, 4.69) is 0 Å². The summed E-state index contributed by atoms with van der Waals surface area (Å²) < 4.78 is 0. The van der Waals surface area contributed by atoms with Crippen molar-refractivity contribution in [2.75, 3.05) is 0 Å². The molecule has 2 rings (SSSR count). The fourth-order valence-corrected chi connectivity index (χ4v) is 1.94. The number of aliphatic hydroxyl groups excluding tert-OH is 2. The number of aliphatic hydroxyl groups is 2. The van der Waals surface area contributed by atoms with Gasteiger partial charge < -0.3 is 20.4 Å². The standard InChI is InChI=1S/C8H6O3.C7H6O2.C7H16O2/c9-7(8(10)11)6-4-2-1-3-5-6;8-7(9)6-4-2-1-3-5-6;1-3-6(8)5-7(9)4-2/h1-5H,(H,10,11);1-5H,(H,8,9);6-9H,3-5H2,1-2H3. The van der Waals surface area contributed by atoms with Crippen molar-refractivity contribution >= 4 is 17.7 Å². The molecular weight excluding hydrogens is 376 g/mol. The van der Waals surface area contributed by atoms with Crippen molar-refractivity contribution in [3.63, 3.8) is 0 Å². The second kappa shape index (κ2) is 15.0. The van der Waals surface area contributed by atoms with Crippen LogP contribution in [-0.4, -0.2) is 50.4 Å². The topological polar surface area (TPSA) is 132 Å². The van der Waals surface area contributed by atoms with Crippen LogP contribution in [-0.2, 0) is 4.79 Å². The average Bonchev–Trinajstić information content (AvgIpc) is 2.75. The molecule has 0 fully saturated rings. The number of benzene rings is 2. The summed E-state index contributed by atoms with van der Waals surface area (Å²) in [5.74, 6) is -3.17. The van der Waals surface area contributed by atoms with E-state index in [1.807, 2.05) is 13.8 Å². The van der Waals surface area contributed by atoms with Gasteiger partial charge in [-0.1, -0.05) is 62.4 Å². The van der Waals surface area contributed by atoms with Crippen molar-refractivity contribution in [1.29, 1.82) is 0 Å². The van der Waals surface area contributed by atoms with Crippen molar-refractivity contribution in [1.82, 2.24) is 0 Å². The zero-order valence-electron chi connectivity index (χ0n) is 16.6. The minimum atomic E-state index is -1.42. The van der Waals surface area contributed by atoms with Crippen LogP contribution in [0.3, 0.4) is 0 Å². The number of aromatic carboxylic acids is 1. The second-order valence-corrected chi connectivity index (χ2v) is 6.03. The first-order chi connectivity index (χ1) is 13.7. The molecule has 2 aromatic carbocycles. The van der Waals surface area contributed by atoms with E-state index in [0.717, 1.165) is 12.8 Å². The van der Waals surface area contributed by atoms with Crippen LogP contribution in [0.2, 0.25) is 0 Å². The summed E-state index contributed by atoms with van der Waals surface area (Å²) >= 11 is 0. The van der Waals surface area contributed by atoms with Crippen LogP contribution in [0.25, 0.3) is 0 Å². The molecule has 29 heavy (non-hydrogen) atoms. The highest BCUT2D eigenvalue weighted by molar-refractivity contribution is 6.39. The van der Waals surface area contributed by atoms with Gasteiger partial charge >= 0.3 is 11.9 Å². The summed E-state index contributed by atoms with van der Waals surface area (Å²) in [6.07, 6.45) is 1.35. The highest BCUT2D eigenvalue weighted by atomic mass is 16.4. The quantitative estimate of drug-likeness (QED) is 0.411. The zero-order chi connectivity index (χ0) is 22.2. The predicted molar refractivity (Wildman–Crippen MR) is 109 cm³/mol. The highest BCUT2D eigenvalue weighted by Gasteiger charge is 2.12. The number of hydrogen-bond acceptors (Lipinski definition) is 5. The molecule has 0 spiro atoms. The van der Waals surface area contributed by atoms with Crippen molar-refractivity contribution in [2.24, 2.45) is 0 Å². The summed E-state index contributed by atoms with van der Waals surface area (Å²) in [5, 5.41) is 34.7. The van der Waals surface area contributed by atoms with E-state index in [9.17, 15) is 14.4 Å². The Kier molecular flexibility index (Phi) is 13.4. The fourth-order valence-electron chi connectivity index (χ4n) is 1.94. The van der Waals surface area contributed by atoms with Gasteiger partial charge in [-0.05, 0) is 31.4 Å². The Labute approximate surface area is 170 Å². The molecule has 0 aliphatic heterocycles. The number of rotatable bonds is 7. The summed E-state index contributed by atoms with van der Waals surface area (Å²) in [6.45, 7) is 3.82. The Morgan fingerprint density at radius 2 is 1.10 bits per heavy atom. The molecule has 0 saturated heterocycles. The van der Waals surface area contributed by atoms with Gasteiger partial charge in [-0.15, -0.1) is 0 Å². The first-order valence-electron chi connectivity index (χ1n) is 9.19. The average molecular weight is 404 g/mol. The molecule has 4 N–H and O–H groups in total. The van der Waals surface area contributed by atoms with Gasteiger partial charge in [0.05, 0.1) is 17.8 Å². The summed E-state index contributed by atoms with van der Waals surface area (Å²) in [4.78, 5) is 31.1. The maximum atomic E-state index is 10.7. The third kappa shape index (κ3) is 12.1. The lowest BCUT2D eigenvalue weighted by molar-refractivity contribution is -0.131. The Morgan fingerprint density at radius 1 is 0.724 bits per heavy atom. The first kappa shape index (κ1) is 26.0. The van der Waals surface area contributed by atoms with Crippen LogP contribution in [0.5, 0.6) is 0 Å². The maximum Gasteiger partial charge on any atom is 0.377 e. The lowest BCUT2D eigenvalue weighted by Gasteiger charge is -2.11. The van der Waals surface area contributed by atoms with Crippen LogP contribution >= 0.6 is 0 Å². The van der Waals surface area contributed by atoms with Crippen molar-refractivity contribution < 1.29 is 34.8 Å². The maximum absolute atomic E-state index is 10.7. The molecule has 0 aliphatic rings. The number of Topliss-reactive ketones (excluding diaryl/α,β-unsaturated/α-hetero) is 1. The molecule has 7 nitrogen and oxygen atoms in total. The minimum absolute atomic E-state index is 0.208. The van der Waals surface area contributed by atoms with Crippen molar-refractivity contribution in [3.8, 4) is 0 Å². The minimum Gasteiger partial charge on any atom is -0.478 e. The Bertz CT molecular complexity index is 721. The lowest BCUT2D eigenvalue weighted by Crippen LogP contribution is -2.15. The zero-order valence-corrected chi connectivity index (χ0v) is 16.6. The number of hydrogen-bond donors (Lipinski definition) is 4. The normalized spacial score (nSPS) is 11.6. The van der Waals surface area contributed by atoms with Gasteiger partial charge in [0.15, 0.2) is 0 Å². The molecule has 0 radical (unpaired) electrons. The molecule has 158 valence electrons. The lowest BCUT2D eigenvalue weighted by atomic mass is 10.1. The smallest absolute Gasteiger partial charge is 0.377 e. The van der Waals surface area contributed by atoms with E-state index in [1.54, 1.807) is 48.5 Å². The Hall–Kier alpha value is -3.03. The summed E-state index contributed by atoms with van der Waals surface area (Å²) in [5.41, 5.74) is 0.539. The van der Waals surface area contributed by atoms with E-state index < -0.39 is 17.7 Å². The number of carboxylic acids is 2. The molecule has 0 aromatic heterocycles. The third-order valence-electron chi connectivity index (χ3n) is 3.74. The van der Waals surface area contributed by atoms with Gasteiger partial charge in [-0.3, -0.25) is 4.79 Å². The van der Waals surface area contributed by atoms with Gasteiger partial charge in [0.1, 0.15) is 0 Å². The molecule has 0 bridgehead atoms. The largest absolute Gasteiger partial charge is 0.478 e. The highest BCUT2D eigenvalue weighted by Crippen LogP contribution is 2.03. The van der Waals surface area contributed by atoms with Crippen molar-refractivity contribution in [3.05, 3.63) is 71.8 Å². The van der Waals surface area contributed by atoms with Crippen LogP contribution in [0.1, 0.15) is 53.8 Å². The number of ketones is 1. The fraction of sp³-hybridized carbons (Fsp3) is 0.318. The van der Waals surface area contributed by atoms with E-state index in [1.165, 1.54) is 12.1 Å². The van der Waals surface area contributed by atoms with Gasteiger partial charge in [0.2, 0.25) is 0 Å². The van der Waals surface area contributed by atoms with Gasteiger partial charge in [0, 0.05) is 5.56 Å². The molecule has 0 saturated carbocycles. The second-order valence-electron chi connectivity index (χ2n) is 6.03. The summed E-state index contributed by atoms with van der Waals surface area (Å²) in [7, 11) is 0. The SMILES string of the molecule is CCC(O)CC(O)CC.O=C(O)C(=O)c1ccccc1.O=C(O)c1ccccc1. The molecular formula is C22H28O7. The number of carbonyl (C=O) groups is 3.